The van der Waals surface area contributed by atoms with Crippen molar-refractivity contribution < 1.29 is 24.2 Å². The first kappa shape index (κ1) is 20.5. The fraction of sp³-hybridized carbons (Fsp3) is 0.842. The molecular formula is C19H32N2O5. The van der Waals surface area contributed by atoms with Gasteiger partial charge < -0.3 is 19.6 Å². The summed E-state index contributed by atoms with van der Waals surface area (Å²) < 4.78 is 5.41. The molecular weight excluding hydrogens is 336 g/mol. The Labute approximate surface area is 155 Å². The van der Waals surface area contributed by atoms with Crippen molar-refractivity contribution in [1.29, 1.82) is 0 Å². The molecule has 0 aliphatic carbocycles. The first-order chi connectivity index (χ1) is 12.2. The highest BCUT2D eigenvalue weighted by molar-refractivity contribution is 5.83. The van der Waals surface area contributed by atoms with Crippen molar-refractivity contribution in [3.05, 3.63) is 0 Å². The normalized spacial score (nSPS) is 22.4. The van der Waals surface area contributed by atoms with Gasteiger partial charge in [-0.15, -0.1) is 0 Å². The van der Waals surface area contributed by atoms with Crippen molar-refractivity contribution in [3.8, 4) is 0 Å². The maximum atomic E-state index is 12.4. The third-order valence-electron chi connectivity index (χ3n) is 5.16. The van der Waals surface area contributed by atoms with E-state index in [1.54, 1.807) is 4.90 Å². The smallest absolute Gasteiger partial charge is 0.410 e. The Balaban J connectivity index is 1.73. The van der Waals surface area contributed by atoms with E-state index in [1.807, 2.05) is 20.8 Å². The average Bonchev–Trinajstić information content (AvgIpc) is 2.54. The molecule has 0 aromatic rings. The molecule has 2 amide bonds. The lowest BCUT2D eigenvalue weighted by molar-refractivity contribution is -0.148. The van der Waals surface area contributed by atoms with Crippen LogP contribution in [0, 0.1) is 11.8 Å². The molecule has 0 bridgehead atoms. The van der Waals surface area contributed by atoms with Gasteiger partial charge in [0, 0.05) is 25.6 Å². The Morgan fingerprint density at radius 2 is 1.77 bits per heavy atom. The molecule has 1 unspecified atom stereocenters. The lowest BCUT2D eigenvalue weighted by atomic mass is 9.85. The molecule has 0 spiro atoms. The number of rotatable bonds is 5. The average molecular weight is 368 g/mol. The molecule has 26 heavy (non-hydrogen) atoms. The number of amides is 2. The largest absolute Gasteiger partial charge is 0.480 e. The van der Waals surface area contributed by atoms with Crippen LogP contribution in [-0.2, 0) is 14.3 Å². The minimum Gasteiger partial charge on any atom is -0.480 e. The van der Waals surface area contributed by atoms with Gasteiger partial charge in [-0.25, -0.2) is 4.79 Å². The summed E-state index contributed by atoms with van der Waals surface area (Å²) in [5, 5.41) is 8.91. The molecule has 0 radical (unpaired) electrons. The van der Waals surface area contributed by atoms with Crippen molar-refractivity contribution in [2.75, 3.05) is 26.2 Å². The third-order valence-corrected chi connectivity index (χ3v) is 5.16. The summed E-state index contributed by atoms with van der Waals surface area (Å²) >= 11 is 0. The molecule has 2 saturated heterocycles. The predicted octanol–water partition coefficient (Wildman–Crippen LogP) is 2.74. The van der Waals surface area contributed by atoms with Crippen LogP contribution >= 0.6 is 0 Å². The van der Waals surface area contributed by atoms with Gasteiger partial charge >= 0.3 is 12.1 Å². The van der Waals surface area contributed by atoms with Crippen LogP contribution in [0.5, 0.6) is 0 Å². The minimum absolute atomic E-state index is 0.00941. The van der Waals surface area contributed by atoms with E-state index >= 15 is 0 Å². The van der Waals surface area contributed by atoms with Gasteiger partial charge in [0.2, 0.25) is 5.91 Å². The Kier molecular flexibility index (Phi) is 6.89. The molecule has 1 atom stereocenters. The van der Waals surface area contributed by atoms with Gasteiger partial charge in [-0.2, -0.15) is 0 Å². The SMILES string of the molecule is CC(C)(C)OC(=O)N1CCC(CCC2CCCN(CC(=O)O)C2=O)CC1. The molecule has 7 heteroatoms. The fourth-order valence-corrected chi connectivity index (χ4v) is 3.78. The summed E-state index contributed by atoms with van der Waals surface area (Å²) in [5.41, 5.74) is -0.475. The predicted molar refractivity (Wildman–Crippen MR) is 96.7 cm³/mol. The number of hydrogen-bond donors (Lipinski definition) is 1. The summed E-state index contributed by atoms with van der Waals surface area (Å²) in [6.07, 6.45) is 5.11. The third kappa shape index (κ3) is 6.18. The van der Waals surface area contributed by atoms with Crippen molar-refractivity contribution in [1.82, 2.24) is 9.80 Å². The number of carboxylic acid groups (broad SMARTS) is 1. The van der Waals surface area contributed by atoms with E-state index in [0.717, 1.165) is 38.5 Å². The second-order valence-corrected chi connectivity index (χ2v) is 8.48. The molecule has 0 aromatic heterocycles. The highest BCUT2D eigenvalue weighted by Gasteiger charge is 2.31. The second kappa shape index (κ2) is 8.73. The van der Waals surface area contributed by atoms with Crippen LogP contribution in [-0.4, -0.2) is 64.7 Å². The minimum atomic E-state index is -0.950. The number of carbonyl (C=O) groups excluding carboxylic acids is 2. The fourth-order valence-electron chi connectivity index (χ4n) is 3.78. The Morgan fingerprint density at radius 3 is 2.35 bits per heavy atom. The Bertz CT molecular complexity index is 521. The van der Waals surface area contributed by atoms with Crippen LogP contribution in [0.4, 0.5) is 4.79 Å². The van der Waals surface area contributed by atoms with E-state index < -0.39 is 11.6 Å². The molecule has 2 fully saturated rings. The van der Waals surface area contributed by atoms with Gasteiger partial charge in [0.1, 0.15) is 12.1 Å². The standard InChI is InChI=1S/C19H32N2O5/c1-19(2,3)26-18(25)20-11-8-14(9-12-20)6-7-15-5-4-10-21(17(15)24)13-16(22)23/h14-15H,4-13H2,1-3H3,(H,22,23). The molecule has 1 N–H and O–H groups in total. The maximum Gasteiger partial charge on any atom is 0.410 e. The number of ether oxygens (including phenoxy) is 1. The van der Waals surface area contributed by atoms with Crippen molar-refractivity contribution in [3.63, 3.8) is 0 Å². The zero-order valence-corrected chi connectivity index (χ0v) is 16.2. The van der Waals surface area contributed by atoms with E-state index in [-0.39, 0.29) is 24.5 Å². The van der Waals surface area contributed by atoms with Crippen molar-refractivity contribution in [2.24, 2.45) is 11.8 Å². The summed E-state index contributed by atoms with van der Waals surface area (Å²) in [6.45, 7) is 7.36. The highest BCUT2D eigenvalue weighted by atomic mass is 16.6. The number of nitrogens with zero attached hydrogens (tertiary/aromatic N) is 2. The zero-order valence-electron chi connectivity index (χ0n) is 16.2. The number of hydrogen-bond acceptors (Lipinski definition) is 4. The molecule has 148 valence electrons. The van der Waals surface area contributed by atoms with Crippen molar-refractivity contribution in [2.45, 2.75) is 64.9 Å². The van der Waals surface area contributed by atoms with E-state index in [2.05, 4.69) is 0 Å². The molecule has 0 saturated carbocycles. The zero-order chi connectivity index (χ0) is 19.3. The van der Waals surface area contributed by atoms with Gasteiger partial charge in [-0.05, 0) is 65.2 Å². The molecule has 2 heterocycles. The Morgan fingerprint density at radius 1 is 1.12 bits per heavy atom. The van der Waals surface area contributed by atoms with Gasteiger partial charge in [-0.3, -0.25) is 9.59 Å². The van der Waals surface area contributed by atoms with Gasteiger partial charge in [-0.1, -0.05) is 0 Å². The van der Waals surface area contributed by atoms with Crippen LogP contribution < -0.4 is 0 Å². The number of carboxylic acids is 1. The number of likely N-dealkylation sites (tertiary alicyclic amines) is 2. The lowest BCUT2D eigenvalue weighted by Gasteiger charge is -2.35. The van der Waals surface area contributed by atoms with E-state index in [1.165, 1.54) is 4.90 Å². The van der Waals surface area contributed by atoms with E-state index in [9.17, 15) is 14.4 Å². The van der Waals surface area contributed by atoms with Gasteiger partial charge in [0.05, 0.1) is 0 Å². The van der Waals surface area contributed by atoms with Gasteiger partial charge in [0.15, 0.2) is 0 Å². The summed E-state index contributed by atoms with van der Waals surface area (Å²) in [6, 6.07) is 0. The summed E-state index contributed by atoms with van der Waals surface area (Å²) in [4.78, 5) is 38.6. The van der Waals surface area contributed by atoms with Crippen molar-refractivity contribution >= 4 is 18.0 Å². The molecule has 2 aliphatic rings. The van der Waals surface area contributed by atoms with Crippen LogP contribution in [0.1, 0.15) is 59.3 Å². The number of piperidine rings is 2. The van der Waals surface area contributed by atoms with Crippen LogP contribution in [0.2, 0.25) is 0 Å². The number of carbonyl (C=O) groups is 3. The van der Waals surface area contributed by atoms with E-state index in [0.29, 0.717) is 25.6 Å². The van der Waals surface area contributed by atoms with Crippen LogP contribution in [0.25, 0.3) is 0 Å². The summed E-state index contributed by atoms with van der Waals surface area (Å²) in [7, 11) is 0. The highest BCUT2D eigenvalue weighted by Crippen LogP contribution is 2.29. The lowest BCUT2D eigenvalue weighted by Crippen LogP contribution is -2.44. The van der Waals surface area contributed by atoms with Gasteiger partial charge in [0.25, 0.3) is 0 Å². The quantitative estimate of drug-likeness (QED) is 0.806. The second-order valence-electron chi connectivity index (χ2n) is 8.48. The monoisotopic (exact) mass is 368 g/mol. The first-order valence-corrected chi connectivity index (χ1v) is 9.64. The topological polar surface area (TPSA) is 87.2 Å². The first-order valence-electron chi connectivity index (χ1n) is 9.64. The van der Waals surface area contributed by atoms with Crippen LogP contribution in [0.3, 0.4) is 0 Å². The molecule has 7 nitrogen and oxygen atoms in total. The Hall–Kier alpha value is -1.79. The van der Waals surface area contributed by atoms with E-state index in [4.69, 9.17) is 9.84 Å². The molecule has 2 rings (SSSR count). The van der Waals surface area contributed by atoms with Crippen LogP contribution in [0.15, 0.2) is 0 Å². The number of aliphatic carboxylic acids is 1. The maximum absolute atomic E-state index is 12.4. The molecule has 0 aromatic carbocycles. The molecule has 2 aliphatic heterocycles. The summed E-state index contributed by atoms with van der Waals surface area (Å²) in [5.74, 6) is -0.498.